The number of primary amides is 1. The van der Waals surface area contributed by atoms with Crippen LogP contribution in [-0.4, -0.2) is 49.7 Å². The predicted octanol–water partition coefficient (Wildman–Crippen LogP) is 2.95. The second-order valence-corrected chi connectivity index (χ2v) is 9.08. The number of aromatic nitrogens is 5. The van der Waals surface area contributed by atoms with Gasteiger partial charge >= 0.3 is 0 Å². The van der Waals surface area contributed by atoms with Crippen LogP contribution in [0.2, 0.25) is 5.02 Å². The van der Waals surface area contributed by atoms with Crippen molar-refractivity contribution in [2.24, 2.45) is 5.73 Å². The van der Waals surface area contributed by atoms with E-state index in [2.05, 4.69) is 25.3 Å². The minimum absolute atomic E-state index is 0.132. The van der Waals surface area contributed by atoms with Gasteiger partial charge in [-0.2, -0.15) is 4.98 Å². The Kier molecular flexibility index (Phi) is 6.62. The van der Waals surface area contributed by atoms with Crippen LogP contribution in [0, 0.1) is 6.92 Å². The Balaban J connectivity index is 1.58. The number of hydrogen-bond donors (Lipinski definition) is 2. The lowest BCUT2D eigenvalue weighted by atomic mass is 10.0. The molecule has 0 unspecified atom stereocenters. The molecule has 184 valence electrons. The SMILES string of the molecule is Cc1cncc(-c2ccc(-c3cc4cnc(NC5COC5)nc4n(CCCC(N)=O)c3=O)c(Cl)c2)n1. The molecule has 0 bridgehead atoms. The van der Waals surface area contributed by atoms with Crippen molar-refractivity contribution < 1.29 is 9.53 Å². The summed E-state index contributed by atoms with van der Waals surface area (Å²) in [5.74, 6) is -0.0170. The molecule has 4 heterocycles. The number of carbonyl (C=O) groups is 1. The highest BCUT2D eigenvalue weighted by atomic mass is 35.5. The van der Waals surface area contributed by atoms with Crippen LogP contribution in [0.1, 0.15) is 18.5 Å². The van der Waals surface area contributed by atoms with Crippen molar-refractivity contribution >= 4 is 34.5 Å². The van der Waals surface area contributed by atoms with Crippen molar-refractivity contribution in [1.82, 2.24) is 24.5 Å². The molecular weight excluding hydrogens is 482 g/mol. The van der Waals surface area contributed by atoms with Crippen LogP contribution in [0.4, 0.5) is 5.95 Å². The standard InChI is InChI=1S/C25H24ClN7O3/c1-14-9-28-11-21(30-14)15-4-5-18(20(26)8-15)19-7-16-10-29-25(31-17-12-36-13-17)32-23(16)33(24(19)35)6-2-3-22(27)34/h4-5,7-11,17H,2-3,6,12-13H2,1H3,(H2,27,34)(H,29,31,32). The van der Waals surface area contributed by atoms with Gasteiger partial charge in [0.15, 0.2) is 0 Å². The number of pyridine rings is 1. The quantitative estimate of drug-likeness (QED) is 0.372. The van der Waals surface area contributed by atoms with Crippen LogP contribution in [0.5, 0.6) is 0 Å². The molecule has 36 heavy (non-hydrogen) atoms. The maximum absolute atomic E-state index is 13.7. The highest BCUT2D eigenvalue weighted by Gasteiger charge is 2.20. The van der Waals surface area contributed by atoms with Gasteiger partial charge in [0, 0.05) is 52.5 Å². The number of anilines is 1. The average molecular weight is 506 g/mol. The van der Waals surface area contributed by atoms with E-state index in [0.29, 0.717) is 58.5 Å². The fourth-order valence-corrected chi connectivity index (χ4v) is 4.32. The van der Waals surface area contributed by atoms with Crippen molar-refractivity contribution in [3.63, 3.8) is 0 Å². The van der Waals surface area contributed by atoms with Gasteiger partial charge in [-0.15, -0.1) is 0 Å². The van der Waals surface area contributed by atoms with Gasteiger partial charge in [-0.25, -0.2) is 9.97 Å². The first-order chi connectivity index (χ1) is 17.4. The Morgan fingerprint density at radius 1 is 1.19 bits per heavy atom. The molecule has 3 aromatic heterocycles. The van der Waals surface area contributed by atoms with E-state index in [1.54, 1.807) is 41.4 Å². The molecule has 1 aliphatic rings. The molecule has 4 aromatic rings. The van der Waals surface area contributed by atoms with E-state index in [9.17, 15) is 9.59 Å². The number of halogens is 1. The molecule has 0 atom stereocenters. The van der Waals surface area contributed by atoms with Crippen molar-refractivity contribution in [3.8, 4) is 22.4 Å². The lowest BCUT2D eigenvalue weighted by Gasteiger charge is -2.26. The number of hydrogen-bond acceptors (Lipinski definition) is 8. The Morgan fingerprint density at radius 2 is 2.03 bits per heavy atom. The van der Waals surface area contributed by atoms with Gasteiger partial charge in [0.2, 0.25) is 11.9 Å². The molecule has 1 saturated heterocycles. The molecule has 0 radical (unpaired) electrons. The van der Waals surface area contributed by atoms with Gasteiger partial charge in [-0.1, -0.05) is 23.7 Å². The van der Waals surface area contributed by atoms with E-state index in [-0.39, 0.29) is 24.6 Å². The number of nitrogens with two attached hydrogens (primary N) is 1. The van der Waals surface area contributed by atoms with Gasteiger partial charge < -0.3 is 15.8 Å². The number of carbonyl (C=O) groups excluding carboxylic acids is 1. The van der Waals surface area contributed by atoms with Crippen molar-refractivity contribution in [2.45, 2.75) is 32.4 Å². The summed E-state index contributed by atoms with van der Waals surface area (Å²) in [7, 11) is 0. The third-order valence-electron chi connectivity index (χ3n) is 5.91. The summed E-state index contributed by atoms with van der Waals surface area (Å²) < 4.78 is 6.74. The summed E-state index contributed by atoms with van der Waals surface area (Å²) in [6, 6.07) is 7.30. The average Bonchev–Trinajstić information content (AvgIpc) is 2.82. The number of nitrogens with one attached hydrogen (secondary N) is 1. The van der Waals surface area contributed by atoms with Crippen LogP contribution < -0.4 is 16.6 Å². The summed E-state index contributed by atoms with van der Waals surface area (Å²) in [4.78, 5) is 42.7. The van der Waals surface area contributed by atoms with Crippen molar-refractivity contribution in [1.29, 1.82) is 0 Å². The molecule has 3 N–H and O–H groups in total. The van der Waals surface area contributed by atoms with E-state index in [4.69, 9.17) is 22.1 Å². The molecule has 1 aliphatic heterocycles. The van der Waals surface area contributed by atoms with Gasteiger partial charge in [0.25, 0.3) is 5.56 Å². The molecule has 10 nitrogen and oxygen atoms in total. The molecule has 11 heteroatoms. The summed E-state index contributed by atoms with van der Waals surface area (Å²) >= 11 is 6.67. The van der Waals surface area contributed by atoms with Crippen LogP contribution in [0.25, 0.3) is 33.4 Å². The normalized spacial score (nSPS) is 13.5. The monoisotopic (exact) mass is 505 g/mol. The van der Waals surface area contributed by atoms with Crippen LogP contribution in [-0.2, 0) is 16.1 Å². The fraction of sp³-hybridized carbons (Fsp3) is 0.280. The fourth-order valence-electron chi connectivity index (χ4n) is 4.04. The molecular formula is C25H24ClN7O3. The van der Waals surface area contributed by atoms with E-state index < -0.39 is 5.91 Å². The zero-order chi connectivity index (χ0) is 25.2. The highest BCUT2D eigenvalue weighted by Crippen LogP contribution is 2.31. The summed E-state index contributed by atoms with van der Waals surface area (Å²) in [6.07, 6.45) is 5.57. The number of aryl methyl sites for hydroxylation is 2. The summed E-state index contributed by atoms with van der Waals surface area (Å²) in [6.45, 7) is 3.29. The van der Waals surface area contributed by atoms with Gasteiger partial charge in [-0.3, -0.25) is 19.1 Å². The number of amides is 1. The largest absolute Gasteiger partial charge is 0.377 e. The van der Waals surface area contributed by atoms with E-state index >= 15 is 0 Å². The topological polar surface area (TPSA) is 138 Å². The predicted molar refractivity (Wildman–Crippen MR) is 137 cm³/mol. The lowest BCUT2D eigenvalue weighted by molar-refractivity contribution is -0.118. The first-order valence-corrected chi connectivity index (χ1v) is 11.9. The number of rotatable bonds is 8. The molecule has 0 aliphatic carbocycles. The van der Waals surface area contributed by atoms with Crippen molar-refractivity contribution in [2.75, 3.05) is 18.5 Å². The lowest BCUT2D eigenvalue weighted by Crippen LogP contribution is -2.40. The van der Waals surface area contributed by atoms with E-state index in [1.807, 2.05) is 13.0 Å². The Labute approximate surface area is 211 Å². The van der Waals surface area contributed by atoms with Crippen molar-refractivity contribution in [3.05, 3.63) is 63.9 Å². The molecule has 0 spiro atoms. The third kappa shape index (κ3) is 4.91. The zero-order valence-corrected chi connectivity index (χ0v) is 20.3. The first-order valence-electron chi connectivity index (χ1n) is 11.5. The first kappa shape index (κ1) is 23.8. The number of nitrogens with zero attached hydrogens (tertiary/aromatic N) is 5. The van der Waals surface area contributed by atoms with Gasteiger partial charge in [0.1, 0.15) is 5.65 Å². The number of ether oxygens (including phenoxy) is 1. The minimum Gasteiger partial charge on any atom is -0.377 e. The van der Waals surface area contributed by atoms with Crippen LogP contribution in [0.15, 0.2) is 47.7 Å². The van der Waals surface area contributed by atoms with Gasteiger partial charge in [-0.05, 0) is 25.5 Å². The number of benzene rings is 1. The Hall–Kier alpha value is -3.89. The molecule has 1 aromatic carbocycles. The summed E-state index contributed by atoms with van der Waals surface area (Å²) in [5, 5.41) is 4.28. The minimum atomic E-state index is -0.427. The summed E-state index contributed by atoms with van der Waals surface area (Å²) in [5.41, 5.74) is 8.77. The highest BCUT2D eigenvalue weighted by molar-refractivity contribution is 6.33. The van der Waals surface area contributed by atoms with Crippen LogP contribution in [0.3, 0.4) is 0 Å². The third-order valence-corrected chi connectivity index (χ3v) is 6.23. The molecule has 1 fully saturated rings. The zero-order valence-electron chi connectivity index (χ0n) is 19.6. The maximum Gasteiger partial charge on any atom is 0.260 e. The second-order valence-electron chi connectivity index (χ2n) is 8.68. The molecule has 0 saturated carbocycles. The second kappa shape index (κ2) is 10.00. The Morgan fingerprint density at radius 3 is 2.72 bits per heavy atom. The Bertz CT molecular complexity index is 1520. The van der Waals surface area contributed by atoms with E-state index in [1.165, 1.54) is 0 Å². The number of fused-ring (bicyclic) bond motifs is 1. The molecule has 1 amide bonds. The van der Waals surface area contributed by atoms with Crippen LogP contribution >= 0.6 is 11.6 Å². The molecule has 5 rings (SSSR count). The smallest absolute Gasteiger partial charge is 0.260 e. The maximum atomic E-state index is 13.7. The van der Waals surface area contributed by atoms with E-state index in [0.717, 1.165) is 11.3 Å². The van der Waals surface area contributed by atoms with Gasteiger partial charge in [0.05, 0.1) is 36.8 Å².